The molecular formula is C22H23F2N3O7. The second kappa shape index (κ2) is 9.77. The van der Waals surface area contributed by atoms with E-state index in [1.807, 2.05) is 0 Å². The van der Waals surface area contributed by atoms with Crippen LogP contribution in [0.15, 0.2) is 28.8 Å². The van der Waals surface area contributed by atoms with Gasteiger partial charge in [-0.25, -0.2) is 13.6 Å². The molecule has 182 valence electrons. The molecule has 2 aromatic rings. The number of ether oxygens (including phenoxy) is 2. The monoisotopic (exact) mass is 479 g/mol. The molecule has 1 fully saturated rings. The molecule has 10 nitrogen and oxygen atoms in total. The molecule has 2 amide bonds. The highest BCUT2D eigenvalue weighted by molar-refractivity contribution is 5.90. The molecule has 34 heavy (non-hydrogen) atoms. The number of rotatable bonds is 7. The van der Waals surface area contributed by atoms with E-state index in [2.05, 4.69) is 5.16 Å². The van der Waals surface area contributed by atoms with Crippen LogP contribution in [0.2, 0.25) is 0 Å². The molecule has 2 aliphatic rings. The van der Waals surface area contributed by atoms with Gasteiger partial charge in [0.25, 0.3) is 5.91 Å². The molecule has 0 bridgehead atoms. The smallest absolute Gasteiger partial charge is 0.414 e. The average molecular weight is 479 g/mol. The van der Waals surface area contributed by atoms with E-state index in [-0.39, 0.29) is 49.9 Å². The molecule has 0 saturated carbocycles. The summed E-state index contributed by atoms with van der Waals surface area (Å²) in [5.74, 6) is -2.21. The molecule has 4 rings (SSSR count). The average Bonchev–Trinajstić information content (AvgIpc) is 3.41. The van der Waals surface area contributed by atoms with Crippen molar-refractivity contribution in [3.63, 3.8) is 0 Å². The number of hydrogen-bond acceptors (Lipinski definition) is 8. The van der Waals surface area contributed by atoms with Crippen molar-refractivity contribution >= 4 is 23.3 Å². The van der Waals surface area contributed by atoms with Crippen molar-refractivity contribution in [1.29, 1.82) is 0 Å². The Bertz CT molecular complexity index is 1100. The van der Waals surface area contributed by atoms with Gasteiger partial charge in [0.1, 0.15) is 18.2 Å². The first-order valence-corrected chi connectivity index (χ1v) is 10.6. The van der Waals surface area contributed by atoms with Gasteiger partial charge in [0, 0.05) is 24.7 Å². The fourth-order valence-corrected chi connectivity index (χ4v) is 3.81. The van der Waals surface area contributed by atoms with Crippen LogP contribution in [0.25, 0.3) is 5.57 Å². The maximum Gasteiger partial charge on any atom is 0.414 e. The van der Waals surface area contributed by atoms with Crippen LogP contribution in [0.4, 0.5) is 19.3 Å². The van der Waals surface area contributed by atoms with E-state index in [1.54, 1.807) is 13.0 Å². The number of anilines is 1. The zero-order valence-corrected chi connectivity index (χ0v) is 18.2. The summed E-state index contributed by atoms with van der Waals surface area (Å²) in [7, 11) is 0. The van der Waals surface area contributed by atoms with Crippen LogP contribution in [0.1, 0.15) is 17.7 Å². The normalized spacial score (nSPS) is 19.1. The highest BCUT2D eigenvalue weighted by Gasteiger charge is 2.34. The standard InChI is InChI=1S/C22H23F2N3O7/c1-12-6-19(34-25-12)32-11-15-9-27(22(31)33-15)14-7-16(23)20(17(24)8-14)13-2-4-26(5-3-13)21(30)18(29)10-28/h2,6-8,15,18,28-29H,3-5,9-11H2,1H3/t15-,18+/m1/s1. The van der Waals surface area contributed by atoms with Gasteiger partial charge in [0.05, 0.1) is 24.5 Å². The van der Waals surface area contributed by atoms with Crippen LogP contribution in [0.5, 0.6) is 5.95 Å². The van der Waals surface area contributed by atoms with Crippen molar-refractivity contribution < 1.29 is 42.6 Å². The number of benzene rings is 1. The molecule has 3 heterocycles. The van der Waals surface area contributed by atoms with E-state index >= 15 is 0 Å². The Labute approximate surface area is 192 Å². The number of carbonyl (C=O) groups is 2. The molecule has 0 radical (unpaired) electrons. The summed E-state index contributed by atoms with van der Waals surface area (Å²) in [6.45, 7) is 1.19. The van der Waals surface area contributed by atoms with Crippen LogP contribution in [0.3, 0.4) is 0 Å². The van der Waals surface area contributed by atoms with Crippen LogP contribution in [0, 0.1) is 18.6 Å². The van der Waals surface area contributed by atoms with Crippen molar-refractivity contribution in [1.82, 2.24) is 10.1 Å². The van der Waals surface area contributed by atoms with Crippen molar-refractivity contribution in [2.75, 3.05) is 37.7 Å². The number of halogens is 2. The lowest BCUT2D eigenvalue weighted by molar-refractivity contribution is -0.141. The zero-order valence-electron chi connectivity index (χ0n) is 18.2. The van der Waals surface area contributed by atoms with Gasteiger partial charge in [0.15, 0.2) is 12.2 Å². The van der Waals surface area contributed by atoms with Gasteiger partial charge >= 0.3 is 12.0 Å². The van der Waals surface area contributed by atoms with Gasteiger partial charge in [0.2, 0.25) is 0 Å². The summed E-state index contributed by atoms with van der Waals surface area (Å²) in [6.07, 6.45) is -1.32. The van der Waals surface area contributed by atoms with E-state index in [0.29, 0.717) is 11.3 Å². The molecule has 0 spiro atoms. The predicted molar refractivity (Wildman–Crippen MR) is 113 cm³/mol. The Balaban J connectivity index is 1.44. The number of amides is 2. The van der Waals surface area contributed by atoms with Gasteiger partial charge in [-0.15, -0.1) is 0 Å². The zero-order chi connectivity index (χ0) is 24.4. The molecule has 2 N–H and O–H groups in total. The van der Waals surface area contributed by atoms with E-state index in [0.717, 1.165) is 17.0 Å². The summed E-state index contributed by atoms with van der Waals surface area (Å²) < 4.78 is 45.4. The quantitative estimate of drug-likeness (QED) is 0.614. The lowest BCUT2D eigenvalue weighted by Gasteiger charge is -2.28. The first kappa shape index (κ1) is 23.6. The molecule has 12 heteroatoms. The number of aliphatic hydroxyl groups excluding tert-OH is 2. The van der Waals surface area contributed by atoms with Crippen LogP contribution in [-0.2, 0) is 9.53 Å². The molecule has 2 atom stereocenters. The Kier molecular flexibility index (Phi) is 6.80. The Morgan fingerprint density at radius 1 is 1.32 bits per heavy atom. The fourth-order valence-electron chi connectivity index (χ4n) is 3.81. The summed E-state index contributed by atoms with van der Waals surface area (Å²) in [4.78, 5) is 26.6. The van der Waals surface area contributed by atoms with E-state index < -0.39 is 42.4 Å². The minimum absolute atomic E-state index is 0.000964. The van der Waals surface area contributed by atoms with Crippen LogP contribution in [-0.4, -0.2) is 77.3 Å². The largest absolute Gasteiger partial charge is 0.460 e. The van der Waals surface area contributed by atoms with Gasteiger partial charge in [-0.1, -0.05) is 11.2 Å². The van der Waals surface area contributed by atoms with Crippen molar-refractivity contribution in [3.05, 3.63) is 47.2 Å². The highest BCUT2D eigenvalue weighted by atomic mass is 19.1. The Hall–Kier alpha value is -3.51. The Morgan fingerprint density at radius 2 is 2.06 bits per heavy atom. The lowest BCUT2D eigenvalue weighted by atomic mass is 9.97. The molecule has 0 unspecified atom stereocenters. The number of carbonyl (C=O) groups excluding carboxylic acids is 2. The number of aromatic nitrogens is 1. The van der Waals surface area contributed by atoms with Crippen LogP contribution >= 0.6 is 0 Å². The third kappa shape index (κ3) is 4.87. The van der Waals surface area contributed by atoms with Gasteiger partial charge < -0.3 is 29.1 Å². The summed E-state index contributed by atoms with van der Waals surface area (Å²) in [6, 6.07) is 3.68. The molecule has 0 aliphatic carbocycles. The van der Waals surface area contributed by atoms with E-state index in [4.69, 9.17) is 19.1 Å². The summed E-state index contributed by atoms with van der Waals surface area (Å²) >= 11 is 0. The molecule has 1 aromatic carbocycles. The summed E-state index contributed by atoms with van der Waals surface area (Å²) in [5, 5.41) is 22.1. The molecule has 2 aliphatic heterocycles. The second-order valence-corrected chi connectivity index (χ2v) is 7.96. The molecular weight excluding hydrogens is 456 g/mol. The third-order valence-electron chi connectivity index (χ3n) is 5.53. The number of aryl methyl sites for hydroxylation is 1. The fraction of sp³-hybridized carbons (Fsp3) is 0.409. The molecule has 1 saturated heterocycles. The van der Waals surface area contributed by atoms with E-state index in [9.17, 15) is 23.5 Å². The molecule has 1 aromatic heterocycles. The second-order valence-electron chi connectivity index (χ2n) is 7.96. The topological polar surface area (TPSA) is 126 Å². The van der Waals surface area contributed by atoms with Gasteiger partial charge in [-0.3, -0.25) is 9.69 Å². The van der Waals surface area contributed by atoms with Crippen molar-refractivity contribution in [3.8, 4) is 5.95 Å². The van der Waals surface area contributed by atoms with E-state index in [1.165, 1.54) is 11.0 Å². The maximum absolute atomic E-state index is 14.9. The third-order valence-corrected chi connectivity index (χ3v) is 5.53. The minimum Gasteiger partial charge on any atom is -0.460 e. The minimum atomic E-state index is -1.53. The number of hydrogen-bond donors (Lipinski definition) is 2. The highest BCUT2D eigenvalue weighted by Crippen LogP contribution is 2.32. The van der Waals surface area contributed by atoms with Crippen molar-refractivity contribution in [2.45, 2.75) is 25.6 Å². The maximum atomic E-state index is 14.9. The number of aliphatic hydroxyl groups is 2. The SMILES string of the molecule is Cc1cc(OC[C@H]2CN(c3cc(F)c(C4=CCN(C(=O)[C@@H](O)CO)CC4)c(F)c3)C(=O)O2)on1. The van der Waals surface area contributed by atoms with Crippen molar-refractivity contribution in [2.24, 2.45) is 0 Å². The predicted octanol–water partition coefficient (Wildman–Crippen LogP) is 1.63. The lowest BCUT2D eigenvalue weighted by Crippen LogP contribution is -2.42. The van der Waals surface area contributed by atoms with Crippen LogP contribution < -0.4 is 9.64 Å². The van der Waals surface area contributed by atoms with Gasteiger partial charge in [-0.2, -0.15) is 0 Å². The Morgan fingerprint density at radius 3 is 2.65 bits per heavy atom. The first-order valence-electron chi connectivity index (χ1n) is 10.6. The number of cyclic esters (lactones) is 1. The van der Waals surface area contributed by atoms with Gasteiger partial charge in [-0.05, 0) is 31.1 Å². The number of nitrogens with zero attached hydrogens (tertiary/aromatic N) is 3. The first-order chi connectivity index (χ1) is 16.3. The summed E-state index contributed by atoms with van der Waals surface area (Å²) in [5.41, 5.74) is 0.746.